The van der Waals surface area contributed by atoms with Gasteiger partial charge in [0, 0.05) is 29.5 Å². The van der Waals surface area contributed by atoms with Crippen LogP contribution in [0.15, 0.2) is 55.5 Å². The second kappa shape index (κ2) is 8.27. The molecule has 0 spiro atoms. The second-order valence-electron chi connectivity index (χ2n) is 6.10. The number of fused-ring (bicyclic) bond motifs is 1. The molecule has 1 aromatic carbocycles. The molecule has 8 nitrogen and oxygen atoms in total. The summed E-state index contributed by atoms with van der Waals surface area (Å²) < 4.78 is 20.8. The summed E-state index contributed by atoms with van der Waals surface area (Å²) in [5.41, 5.74) is 0.406. The maximum atomic E-state index is 12.1. The maximum absolute atomic E-state index is 12.1. The van der Waals surface area contributed by atoms with Crippen LogP contribution in [0.25, 0.3) is 21.7 Å². The van der Waals surface area contributed by atoms with Crippen LogP contribution in [0, 0.1) is 0 Å². The first-order chi connectivity index (χ1) is 14.1. The van der Waals surface area contributed by atoms with Crippen LogP contribution in [0.1, 0.15) is 17.9 Å². The highest BCUT2D eigenvalue weighted by molar-refractivity contribution is 7.13. The van der Waals surface area contributed by atoms with Crippen LogP contribution in [0.3, 0.4) is 0 Å². The number of thiophene rings is 1. The predicted octanol–water partition coefficient (Wildman–Crippen LogP) is 3.59. The first kappa shape index (κ1) is 18.9. The SMILES string of the molecule is COc1ccc2c(COC(=O)CCc3nc(-c4cccs4)no3)cc(=O)oc2c1. The van der Waals surface area contributed by atoms with Crippen molar-refractivity contribution in [3.05, 3.63) is 63.7 Å². The molecule has 0 saturated carbocycles. The van der Waals surface area contributed by atoms with Gasteiger partial charge in [0.1, 0.15) is 17.9 Å². The van der Waals surface area contributed by atoms with Crippen molar-refractivity contribution in [1.29, 1.82) is 0 Å². The van der Waals surface area contributed by atoms with Crippen molar-refractivity contribution in [2.24, 2.45) is 0 Å². The number of esters is 1. The Hall–Kier alpha value is -3.46. The van der Waals surface area contributed by atoms with E-state index in [0.717, 1.165) is 4.88 Å². The zero-order valence-corrected chi connectivity index (χ0v) is 16.2. The van der Waals surface area contributed by atoms with E-state index < -0.39 is 11.6 Å². The van der Waals surface area contributed by atoms with Gasteiger partial charge in [0.15, 0.2) is 0 Å². The number of aryl methyl sites for hydroxylation is 1. The molecule has 0 bridgehead atoms. The summed E-state index contributed by atoms with van der Waals surface area (Å²) in [6, 6.07) is 10.2. The van der Waals surface area contributed by atoms with E-state index in [1.807, 2.05) is 17.5 Å². The lowest BCUT2D eigenvalue weighted by atomic mass is 10.1. The number of nitrogens with zero attached hydrogens (tertiary/aromatic N) is 2. The van der Waals surface area contributed by atoms with Crippen molar-refractivity contribution in [3.63, 3.8) is 0 Å². The molecular weight excluding hydrogens is 396 g/mol. The van der Waals surface area contributed by atoms with Crippen LogP contribution < -0.4 is 10.4 Å². The fourth-order valence-electron chi connectivity index (χ4n) is 2.76. The quantitative estimate of drug-likeness (QED) is 0.335. The molecule has 0 saturated heterocycles. The number of ether oxygens (including phenoxy) is 2. The third-order valence-electron chi connectivity index (χ3n) is 4.18. The summed E-state index contributed by atoms with van der Waals surface area (Å²) in [7, 11) is 1.53. The zero-order chi connectivity index (χ0) is 20.2. The van der Waals surface area contributed by atoms with Gasteiger partial charge in [-0.2, -0.15) is 4.98 Å². The van der Waals surface area contributed by atoms with Crippen LogP contribution in [0.2, 0.25) is 0 Å². The van der Waals surface area contributed by atoms with Gasteiger partial charge < -0.3 is 18.4 Å². The van der Waals surface area contributed by atoms with Crippen molar-refractivity contribution in [1.82, 2.24) is 10.1 Å². The van der Waals surface area contributed by atoms with Crippen molar-refractivity contribution in [3.8, 4) is 16.5 Å². The molecule has 3 heterocycles. The lowest BCUT2D eigenvalue weighted by Gasteiger charge is -2.08. The highest BCUT2D eigenvalue weighted by atomic mass is 32.1. The average molecular weight is 412 g/mol. The minimum Gasteiger partial charge on any atom is -0.497 e. The summed E-state index contributed by atoms with van der Waals surface area (Å²) in [4.78, 5) is 29.1. The Morgan fingerprint density at radius 1 is 1.24 bits per heavy atom. The van der Waals surface area contributed by atoms with E-state index >= 15 is 0 Å². The molecule has 0 aliphatic carbocycles. The van der Waals surface area contributed by atoms with E-state index in [0.29, 0.717) is 34.0 Å². The molecule has 0 aliphatic rings. The van der Waals surface area contributed by atoms with Crippen LogP contribution in [-0.2, 0) is 22.6 Å². The first-order valence-electron chi connectivity index (χ1n) is 8.75. The molecule has 0 unspecified atom stereocenters. The van der Waals surface area contributed by atoms with Crippen molar-refractivity contribution >= 4 is 28.3 Å². The lowest BCUT2D eigenvalue weighted by molar-refractivity contribution is -0.145. The molecule has 0 amide bonds. The Morgan fingerprint density at radius 3 is 2.93 bits per heavy atom. The molecule has 4 rings (SSSR count). The van der Waals surface area contributed by atoms with Gasteiger partial charge >= 0.3 is 11.6 Å². The van der Waals surface area contributed by atoms with Gasteiger partial charge in [-0.15, -0.1) is 11.3 Å². The van der Waals surface area contributed by atoms with E-state index in [1.165, 1.54) is 24.5 Å². The molecule has 0 N–H and O–H groups in total. The molecule has 3 aromatic heterocycles. The number of carbonyl (C=O) groups is 1. The number of carbonyl (C=O) groups excluding carboxylic acids is 1. The zero-order valence-electron chi connectivity index (χ0n) is 15.4. The largest absolute Gasteiger partial charge is 0.497 e. The molecule has 0 aliphatic heterocycles. The average Bonchev–Trinajstić information content (AvgIpc) is 3.41. The Balaban J connectivity index is 1.38. The Bertz CT molecular complexity index is 1200. The fourth-order valence-corrected chi connectivity index (χ4v) is 3.41. The third kappa shape index (κ3) is 4.35. The van der Waals surface area contributed by atoms with E-state index in [-0.39, 0.29) is 19.4 Å². The summed E-state index contributed by atoms with van der Waals surface area (Å²) >= 11 is 1.51. The first-order valence-corrected chi connectivity index (χ1v) is 9.63. The monoisotopic (exact) mass is 412 g/mol. The molecular formula is C20H16N2O6S. The van der Waals surface area contributed by atoms with Gasteiger partial charge in [0.2, 0.25) is 11.7 Å². The Kier molecular flexibility index (Phi) is 5.39. The molecule has 4 aromatic rings. The second-order valence-corrected chi connectivity index (χ2v) is 7.05. The highest BCUT2D eigenvalue weighted by Gasteiger charge is 2.13. The van der Waals surface area contributed by atoms with Crippen molar-refractivity contribution in [2.75, 3.05) is 7.11 Å². The summed E-state index contributed by atoms with van der Waals surface area (Å²) in [6.07, 6.45) is 0.353. The van der Waals surface area contributed by atoms with Crippen LogP contribution in [-0.4, -0.2) is 23.2 Å². The van der Waals surface area contributed by atoms with Crippen LogP contribution in [0.5, 0.6) is 5.75 Å². The normalized spacial score (nSPS) is 10.9. The third-order valence-corrected chi connectivity index (χ3v) is 5.04. The van der Waals surface area contributed by atoms with E-state index in [2.05, 4.69) is 10.1 Å². The number of rotatable bonds is 7. The molecule has 0 radical (unpaired) electrons. The topological polar surface area (TPSA) is 105 Å². The minimum absolute atomic E-state index is 0.0441. The smallest absolute Gasteiger partial charge is 0.336 e. The molecule has 148 valence electrons. The van der Waals surface area contributed by atoms with Gasteiger partial charge in [-0.3, -0.25) is 4.79 Å². The van der Waals surface area contributed by atoms with E-state index in [4.69, 9.17) is 18.4 Å². The van der Waals surface area contributed by atoms with Gasteiger partial charge in [0.25, 0.3) is 0 Å². The van der Waals surface area contributed by atoms with Gasteiger partial charge in [-0.1, -0.05) is 11.2 Å². The standard InChI is InChI=1S/C20H16N2O6S/c1-25-13-4-5-14-12(9-19(24)27-15(14)10-13)11-26-18(23)7-6-17-21-20(22-28-17)16-3-2-8-29-16/h2-5,8-10H,6-7,11H2,1H3. The molecule has 0 fully saturated rings. The minimum atomic E-state index is -0.524. The van der Waals surface area contributed by atoms with Gasteiger partial charge in [-0.25, -0.2) is 4.79 Å². The molecule has 0 atom stereocenters. The predicted molar refractivity (Wildman–Crippen MR) is 105 cm³/mol. The maximum Gasteiger partial charge on any atom is 0.336 e. The summed E-state index contributed by atoms with van der Waals surface area (Å²) in [5.74, 6) is 0.997. The molecule has 29 heavy (non-hydrogen) atoms. The number of aromatic nitrogens is 2. The highest BCUT2D eigenvalue weighted by Crippen LogP contribution is 2.23. The van der Waals surface area contributed by atoms with E-state index in [9.17, 15) is 9.59 Å². The fraction of sp³-hybridized carbons (Fsp3) is 0.200. The van der Waals surface area contributed by atoms with Crippen molar-refractivity contribution in [2.45, 2.75) is 19.4 Å². The molecule has 9 heteroatoms. The Morgan fingerprint density at radius 2 is 2.14 bits per heavy atom. The van der Waals surface area contributed by atoms with Gasteiger partial charge in [-0.05, 0) is 23.6 Å². The Labute approximate surface area is 168 Å². The van der Waals surface area contributed by atoms with Gasteiger partial charge in [0.05, 0.1) is 18.4 Å². The lowest BCUT2D eigenvalue weighted by Crippen LogP contribution is -2.08. The van der Waals surface area contributed by atoms with E-state index in [1.54, 1.807) is 18.2 Å². The van der Waals surface area contributed by atoms with Crippen LogP contribution >= 0.6 is 11.3 Å². The van der Waals surface area contributed by atoms with Crippen LogP contribution in [0.4, 0.5) is 0 Å². The number of benzene rings is 1. The summed E-state index contributed by atoms with van der Waals surface area (Å²) in [5, 5.41) is 6.50. The summed E-state index contributed by atoms with van der Waals surface area (Å²) in [6.45, 7) is -0.0441. The number of hydrogen-bond acceptors (Lipinski definition) is 9. The number of hydrogen-bond donors (Lipinski definition) is 0. The number of methoxy groups -OCH3 is 1. The van der Waals surface area contributed by atoms with Crippen molar-refractivity contribution < 1.29 is 23.2 Å².